The van der Waals surface area contributed by atoms with Crippen LogP contribution in [0.1, 0.15) is 20.7 Å². The molecule has 0 atom stereocenters. The molecule has 190 valence electrons. The summed E-state index contributed by atoms with van der Waals surface area (Å²) in [6, 6.07) is 22.3. The quantitative estimate of drug-likeness (QED) is 0.337. The summed E-state index contributed by atoms with van der Waals surface area (Å²) in [6.07, 6.45) is 4.70. The number of benzene rings is 3. The second-order valence-electron chi connectivity index (χ2n) is 8.92. The van der Waals surface area contributed by atoms with E-state index in [4.69, 9.17) is 9.15 Å². The Kier molecular flexibility index (Phi) is 6.33. The number of carbonyl (C=O) groups is 2. The van der Waals surface area contributed by atoms with Gasteiger partial charge >= 0.3 is 0 Å². The van der Waals surface area contributed by atoms with E-state index in [1.165, 1.54) is 6.26 Å². The number of hydrogen-bond donors (Lipinski definition) is 2. The number of carbonyl (C=O) groups excluding carboxylic acids is 2. The number of para-hydroxylation sites is 1. The van der Waals surface area contributed by atoms with Crippen LogP contribution in [0.25, 0.3) is 16.7 Å². The third-order valence-corrected chi connectivity index (χ3v) is 6.44. The predicted octanol–water partition coefficient (Wildman–Crippen LogP) is 4.96. The van der Waals surface area contributed by atoms with Gasteiger partial charge in [-0.3, -0.25) is 9.59 Å². The molecule has 1 aliphatic heterocycles. The molecule has 3 heterocycles. The second kappa shape index (κ2) is 10.2. The smallest absolute Gasteiger partial charge is 0.259 e. The maximum Gasteiger partial charge on any atom is 0.259 e. The molecule has 2 amide bonds. The molecule has 0 saturated carbocycles. The lowest BCUT2D eigenvalue weighted by molar-refractivity contribution is 0.101. The van der Waals surface area contributed by atoms with Crippen molar-refractivity contribution in [1.82, 2.24) is 9.78 Å². The van der Waals surface area contributed by atoms with Gasteiger partial charge in [0.1, 0.15) is 11.8 Å². The minimum atomic E-state index is -0.290. The molecule has 0 spiro atoms. The molecule has 0 bridgehead atoms. The second-order valence-corrected chi connectivity index (χ2v) is 8.92. The number of hydrogen-bond acceptors (Lipinski definition) is 6. The van der Waals surface area contributed by atoms with Gasteiger partial charge in [0, 0.05) is 35.4 Å². The van der Waals surface area contributed by atoms with Gasteiger partial charge in [0.2, 0.25) is 0 Å². The van der Waals surface area contributed by atoms with Crippen molar-refractivity contribution in [1.29, 1.82) is 0 Å². The van der Waals surface area contributed by atoms with Crippen LogP contribution >= 0.6 is 0 Å². The van der Waals surface area contributed by atoms with Crippen LogP contribution in [0.3, 0.4) is 0 Å². The lowest BCUT2D eigenvalue weighted by Crippen LogP contribution is -2.36. The first-order chi connectivity index (χ1) is 18.6. The van der Waals surface area contributed by atoms with Crippen molar-refractivity contribution in [2.75, 3.05) is 41.8 Å². The molecule has 2 aromatic heterocycles. The minimum Gasteiger partial charge on any atom is -0.463 e. The summed E-state index contributed by atoms with van der Waals surface area (Å²) in [4.78, 5) is 28.0. The average molecular weight is 508 g/mol. The number of anilines is 3. The van der Waals surface area contributed by atoms with E-state index in [2.05, 4.69) is 20.6 Å². The van der Waals surface area contributed by atoms with Gasteiger partial charge in [-0.05, 0) is 48.5 Å². The van der Waals surface area contributed by atoms with Gasteiger partial charge in [-0.1, -0.05) is 24.3 Å². The monoisotopic (exact) mass is 507 g/mol. The molecule has 1 fully saturated rings. The molecule has 9 heteroatoms. The highest BCUT2D eigenvalue weighted by Gasteiger charge is 2.15. The van der Waals surface area contributed by atoms with Crippen molar-refractivity contribution in [3.8, 4) is 5.69 Å². The zero-order valence-corrected chi connectivity index (χ0v) is 20.5. The summed E-state index contributed by atoms with van der Waals surface area (Å²) in [7, 11) is 0. The molecule has 2 N–H and O–H groups in total. The first kappa shape index (κ1) is 23.5. The van der Waals surface area contributed by atoms with Crippen molar-refractivity contribution in [3.05, 3.63) is 103 Å². The highest BCUT2D eigenvalue weighted by atomic mass is 16.5. The van der Waals surface area contributed by atoms with Gasteiger partial charge in [-0.2, -0.15) is 5.10 Å². The van der Waals surface area contributed by atoms with Crippen LogP contribution in [0.2, 0.25) is 0 Å². The number of nitrogens with one attached hydrogen (secondary N) is 2. The van der Waals surface area contributed by atoms with E-state index in [9.17, 15) is 9.59 Å². The van der Waals surface area contributed by atoms with Gasteiger partial charge < -0.3 is 24.7 Å². The number of morpholine rings is 1. The van der Waals surface area contributed by atoms with Crippen molar-refractivity contribution < 1.29 is 18.7 Å². The Bertz CT molecular complexity index is 1600. The summed E-state index contributed by atoms with van der Waals surface area (Å²) < 4.78 is 12.5. The van der Waals surface area contributed by atoms with E-state index < -0.39 is 0 Å². The molecule has 5 aromatic rings. The number of nitrogens with zero attached hydrogens (tertiary/aromatic N) is 3. The Labute approximate surface area is 218 Å². The largest absolute Gasteiger partial charge is 0.463 e. The standard InChI is InChI=1S/C29H25N5O4/c35-28(31-21-8-10-23(11-9-21)33-12-14-37-15-13-33)20-4-3-5-24(16-20)34-18-22(17-30-34)32-29(36)26-19-38-27-7-2-1-6-25(26)27/h1-11,16-19H,12-15H2,(H,31,35)(H,32,36). The molecule has 6 rings (SSSR count). The SMILES string of the molecule is O=C(Nc1ccc(N2CCOCC2)cc1)c1cccc(-n2cc(NC(=O)c3coc4ccccc34)cn2)c1. The zero-order chi connectivity index (χ0) is 25.9. The van der Waals surface area contributed by atoms with Crippen molar-refractivity contribution >= 4 is 39.8 Å². The maximum atomic E-state index is 12.9. The van der Waals surface area contributed by atoms with Crippen LogP contribution in [0.4, 0.5) is 17.1 Å². The van der Waals surface area contributed by atoms with Crippen LogP contribution < -0.4 is 15.5 Å². The van der Waals surface area contributed by atoms with Crippen molar-refractivity contribution in [2.24, 2.45) is 0 Å². The Morgan fingerprint density at radius 3 is 2.45 bits per heavy atom. The van der Waals surface area contributed by atoms with Gasteiger partial charge in [0.15, 0.2) is 0 Å². The van der Waals surface area contributed by atoms with Crippen molar-refractivity contribution in [2.45, 2.75) is 0 Å². The molecule has 3 aromatic carbocycles. The molecule has 0 radical (unpaired) electrons. The normalized spacial score (nSPS) is 13.4. The molecule has 1 aliphatic rings. The molecular weight excluding hydrogens is 482 g/mol. The van der Waals surface area contributed by atoms with Crippen molar-refractivity contribution in [3.63, 3.8) is 0 Å². The Morgan fingerprint density at radius 2 is 1.61 bits per heavy atom. The Balaban J connectivity index is 1.12. The molecule has 0 aliphatic carbocycles. The van der Waals surface area contributed by atoms with Gasteiger partial charge in [-0.15, -0.1) is 0 Å². The van der Waals surface area contributed by atoms with Crippen LogP contribution in [0.5, 0.6) is 0 Å². The molecular formula is C29H25N5O4. The summed E-state index contributed by atoms with van der Waals surface area (Å²) in [6.45, 7) is 3.16. The number of fused-ring (bicyclic) bond motifs is 1. The van der Waals surface area contributed by atoms with Crippen LogP contribution in [-0.2, 0) is 4.74 Å². The molecule has 38 heavy (non-hydrogen) atoms. The van der Waals surface area contributed by atoms with E-state index in [0.29, 0.717) is 33.8 Å². The average Bonchev–Trinajstić information content (AvgIpc) is 3.61. The number of rotatable bonds is 6. The van der Waals surface area contributed by atoms with E-state index >= 15 is 0 Å². The fourth-order valence-corrected chi connectivity index (χ4v) is 4.45. The fourth-order valence-electron chi connectivity index (χ4n) is 4.45. The highest BCUT2D eigenvalue weighted by Crippen LogP contribution is 2.23. The topological polar surface area (TPSA) is 102 Å². The fraction of sp³-hybridized carbons (Fsp3) is 0.138. The maximum absolute atomic E-state index is 12.9. The Hall–Kier alpha value is -4.89. The predicted molar refractivity (Wildman–Crippen MR) is 145 cm³/mol. The van der Waals surface area contributed by atoms with E-state index in [-0.39, 0.29) is 11.8 Å². The van der Waals surface area contributed by atoms with E-state index in [1.54, 1.807) is 35.3 Å². The molecule has 9 nitrogen and oxygen atoms in total. The first-order valence-corrected chi connectivity index (χ1v) is 12.3. The van der Waals surface area contributed by atoms with E-state index in [1.807, 2.05) is 54.6 Å². The van der Waals surface area contributed by atoms with Crippen LogP contribution in [0, 0.1) is 0 Å². The first-order valence-electron chi connectivity index (χ1n) is 12.3. The number of amides is 2. The summed E-state index contributed by atoms with van der Waals surface area (Å²) in [5.41, 5.74) is 4.63. The minimum absolute atomic E-state index is 0.224. The lowest BCUT2D eigenvalue weighted by Gasteiger charge is -2.28. The summed E-state index contributed by atoms with van der Waals surface area (Å²) in [5.74, 6) is -0.513. The third kappa shape index (κ3) is 4.87. The summed E-state index contributed by atoms with van der Waals surface area (Å²) >= 11 is 0. The lowest BCUT2D eigenvalue weighted by atomic mass is 10.1. The number of aromatic nitrogens is 2. The number of ether oxygens (including phenoxy) is 1. The third-order valence-electron chi connectivity index (χ3n) is 6.44. The van der Waals surface area contributed by atoms with Crippen LogP contribution in [-0.4, -0.2) is 47.9 Å². The number of furan rings is 1. The molecule has 1 saturated heterocycles. The zero-order valence-electron chi connectivity index (χ0n) is 20.5. The van der Waals surface area contributed by atoms with E-state index in [0.717, 1.165) is 37.4 Å². The summed E-state index contributed by atoms with van der Waals surface area (Å²) in [5, 5.41) is 10.9. The van der Waals surface area contributed by atoms with Gasteiger partial charge in [0.05, 0.1) is 42.5 Å². The van der Waals surface area contributed by atoms with Gasteiger partial charge in [0.25, 0.3) is 11.8 Å². The highest BCUT2D eigenvalue weighted by molar-refractivity contribution is 6.12. The Morgan fingerprint density at radius 1 is 0.816 bits per heavy atom. The molecule has 0 unspecified atom stereocenters. The van der Waals surface area contributed by atoms with Crippen LogP contribution in [0.15, 0.2) is 95.9 Å². The van der Waals surface area contributed by atoms with Gasteiger partial charge in [-0.25, -0.2) is 4.68 Å².